The maximum absolute atomic E-state index is 5.52. The Kier molecular flexibility index (Phi) is 15.0. The minimum absolute atomic E-state index is 0.305. The van der Waals surface area contributed by atoms with Gasteiger partial charge in [0.25, 0.3) is 0 Å². The molecule has 0 rings (SSSR count). The summed E-state index contributed by atoms with van der Waals surface area (Å²) in [5.41, 5.74) is 0. The first-order chi connectivity index (χ1) is 10.2. The quantitative estimate of drug-likeness (QED) is 0.312. The third kappa shape index (κ3) is 15.4. The molecule has 5 heteroatoms. The van der Waals surface area contributed by atoms with Crippen molar-refractivity contribution in [2.45, 2.75) is 59.5 Å². The van der Waals surface area contributed by atoms with E-state index in [1.165, 1.54) is 6.42 Å². The third-order valence-corrected chi connectivity index (χ3v) is 2.77. The number of nitrogens with zero attached hydrogens (tertiary/aromatic N) is 1. The Morgan fingerprint density at radius 2 is 1.76 bits per heavy atom. The third-order valence-electron chi connectivity index (χ3n) is 2.77. The van der Waals surface area contributed by atoms with Crippen LogP contribution < -0.4 is 10.6 Å². The Hall–Kier alpha value is -0.810. The highest BCUT2D eigenvalue weighted by Crippen LogP contribution is 1.91. The second-order valence-electron chi connectivity index (χ2n) is 5.28. The van der Waals surface area contributed by atoms with E-state index in [1.807, 2.05) is 0 Å². The molecule has 0 aromatic carbocycles. The SMILES string of the molecule is CCCCOCCCN=C(NCC)NCCCOC(C)C. The van der Waals surface area contributed by atoms with Crippen molar-refractivity contribution in [1.82, 2.24) is 10.6 Å². The number of aliphatic imine (C=N–C) groups is 1. The first kappa shape index (κ1) is 20.2. The minimum atomic E-state index is 0.305. The van der Waals surface area contributed by atoms with Gasteiger partial charge in [0.05, 0.1) is 6.10 Å². The molecule has 0 spiro atoms. The highest BCUT2D eigenvalue weighted by atomic mass is 16.5. The zero-order valence-electron chi connectivity index (χ0n) is 14.4. The largest absolute Gasteiger partial charge is 0.381 e. The number of guanidine groups is 1. The second kappa shape index (κ2) is 15.6. The van der Waals surface area contributed by atoms with Gasteiger partial charge in [-0.05, 0) is 40.0 Å². The lowest BCUT2D eigenvalue weighted by atomic mass is 10.4. The fraction of sp³-hybridized carbons (Fsp3) is 0.938. The normalized spacial score (nSPS) is 12.0. The lowest BCUT2D eigenvalue weighted by Crippen LogP contribution is -2.38. The molecule has 0 fully saturated rings. The van der Waals surface area contributed by atoms with E-state index in [2.05, 4.69) is 43.3 Å². The van der Waals surface area contributed by atoms with Crippen LogP contribution in [0.4, 0.5) is 0 Å². The Morgan fingerprint density at radius 3 is 2.43 bits per heavy atom. The Balaban J connectivity index is 3.65. The molecule has 126 valence electrons. The van der Waals surface area contributed by atoms with E-state index in [1.54, 1.807) is 0 Å². The van der Waals surface area contributed by atoms with Gasteiger partial charge < -0.3 is 20.1 Å². The van der Waals surface area contributed by atoms with Crippen LogP contribution in [-0.4, -0.2) is 51.5 Å². The van der Waals surface area contributed by atoms with Gasteiger partial charge in [0.15, 0.2) is 5.96 Å². The molecule has 0 radical (unpaired) electrons. The molecular formula is C16H35N3O2. The second-order valence-corrected chi connectivity index (χ2v) is 5.28. The summed E-state index contributed by atoms with van der Waals surface area (Å²) < 4.78 is 11.0. The molecule has 0 amide bonds. The van der Waals surface area contributed by atoms with Gasteiger partial charge >= 0.3 is 0 Å². The van der Waals surface area contributed by atoms with Gasteiger partial charge in [-0.2, -0.15) is 0 Å². The molecule has 0 aromatic heterocycles. The van der Waals surface area contributed by atoms with Crippen molar-refractivity contribution in [3.8, 4) is 0 Å². The predicted molar refractivity (Wildman–Crippen MR) is 90.0 cm³/mol. The van der Waals surface area contributed by atoms with Crippen molar-refractivity contribution in [2.75, 3.05) is 39.5 Å². The summed E-state index contributed by atoms with van der Waals surface area (Å²) in [5.74, 6) is 0.885. The van der Waals surface area contributed by atoms with E-state index in [-0.39, 0.29) is 0 Å². The zero-order valence-corrected chi connectivity index (χ0v) is 14.4. The number of unbranched alkanes of at least 4 members (excludes halogenated alkanes) is 1. The number of ether oxygens (including phenoxy) is 2. The Labute approximate surface area is 130 Å². The summed E-state index contributed by atoms with van der Waals surface area (Å²) in [5, 5.41) is 6.57. The van der Waals surface area contributed by atoms with Crippen molar-refractivity contribution in [3.05, 3.63) is 0 Å². The van der Waals surface area contributed by atoms with Crippen LogP contribution in [0.25, 0.3) is 0 Å². The van der Waals surface area contributed by atoms with Gasteiger partial charge in [-0.1, -0.05) is 13.3 Å². The molecule has 0 aliphatic carbocycles. The van der Waals surface area contributed by atoms with Crippen molar-refractivity contribution in [1.29, 1.82) is 0 Å². The zero-order chi connectivity index (χ0) is 15.8. The van der Waals surface area contributed by atoms with Crippen LogP contribution in [-0.2, 0) is 9.47 Å². The van der Waals surface area contributed by atoms with Crippen molar-refractivity contribution in [2.24, 2.45) is 4.99 Å². The van der Waals surface area contributed by atoms with Crippen molar-refractivity contribution >= 4 is 5.96 Å². The first-order valence-corrected chi connectivity index (χ1v) is 8.42. The average molecular weight is 301 g/mol. The molecule has 5 nitrogen and oxygen atoms in total. The standard InChI is InChI=1S/C16H35N3O2/c1-5-7-12-20-13-8-10-18-16(17-6-2)19-11-9-14-21-15(3)4/h15H,5-14H2,1-4H3,(H2,17,18,19). The molecule has 0 atom stereocenters. The first-order valence-electron chi connectivity index (χ1n) is 8.42. The van der Waals surface area contributed by atoms with Gasteiger partial charge in [-0.25, -0.2) is 0 Å². The summed E-state index contributed by atoms with van der Waals surface area (Å²) in [6.45, 7) is 13.4. The maximum atomic E-state index is 5.52. The smallest absolute Gasteiger partial charge is 0.191 e. The number of hydrogen-bond acceptors (Lipinski definition) is 3. The van der Waals surface area contributed by atoms with Gasteiger partial charge in [-0.15, -0.1) is 0 Å². The highest BCUT2D eigenvalue weighted by molar-refractivity contribution is 5.79. The van der Waals surface area contributed by atoms with Crippen LogP contribution in [0, 0.1) is 0 Å². The van der Waals surface area contributed by atoms with Gasteiger partial charge in [0.2, 0.25) is 0 Å². The van der Waals surface area contributed by atoms with E-state index in [9.17, 15) is 0 Å². The lowest BCUT2D eigenvalue weighted by molar-refractivity contribution is 0.0776. The molecule has 0 aliphatic rings. The summed E-state index contributed by atoms with van der Waals surface area (Å²) in [6, 6.07) is 0. The molecule has 0 unspecified atom stereocenters. The van der Waals surface area contributed by atoms with E-state index in [0.29, 0.717) is 6.10 Å². The molecule has 0 aliphatic heterocycles. The van der Waals surface area contributed by atoms with Gasteiger partial charge in [0, 0.05) is 39.5 Å². The summed E-state index contributed by atoms with van der Waals surface area (Å²) in [7, 11) is 0. The molecule has 2 N–H and O–H groups in total. The number of nitrogens with one attached hydrogen (secondary N) is 2. The molecule has 0 saturated carbocycles. The minimum Gasteiger partial charge on any atom is -0.381 e. The lowest BCUT2D eigenvalue weighted by Gasteiger charge is -2.12. The Morgan fingerprint density at radius 1 is 1.00 bits per heavy atom. The topological polar surface area (TPSA) is 54.9 Å². The summed E-state index contributed by atoms with van der Waals surface area (Å²) >= 11 is 0. The van der Waals surface area contributed by atoms with Crippen molar-refractivity contribution < 1.29 is 9.47 Å². The van der Waals surface area contributed by atoms with Crippen LogP contribution in [0.5, 0.6) is 0 Å². The molecule has 0 heterocycles. The van der Waals surface area contributed by atoms with Crippen LogP contribution in [0.3, 0.4) is 0 Å². The summed E-state index contributed by atoms with van der Waals surface area (Å²) in [4.78, 5) is 4.54. The Bertz CT molecular complexity index is 246. The molecule has 21 heavy (non-hydrogen) atoms. The number of rotatable bonds is 13. The predicted octanol–water partition coefficient (Wildman–Crippen LogP) is 2.56. The van der Waals surface area contributed by atoms with E-state index in [0.717, 1.165) is 64.7 Å². The fourth-order valence-electron chi connectivity index (χ4n) is 1.65. The van der Waals surface area contributed by atoms with Crippen LogP contribution >= 0.6 is 0 Å². The maximum Gasteiger partial charge on any atom is 0.191 e. The molecule has 0 aromatic rings. The molecule has 0 saturated heterocycles. The van der Waals surface area contributed by atoms with Gasteiger partial charge in [-0.3, -0.25) is 4.99 Å². The van der Waals surface area contributed by atoms with Crippen LogP contribution in [0.2, 0.25) is 0 Å². The van der Waals surface area contributed by atoms with Crippen LogP contribution in [0.15, 0.2) is 4.99 Å². The van der Waals surface area contributed by atoms with Crippen LogP contribution in [0.1, 0.15) is 53.4 Å². The monoisotopic (exact) mass is 301 g/mol. The van der Waals surface area contributed by atoms with Crippen molar-refractivity contribution in [3.63, 3.8) is 0 Å². The highest BCUT2D eigenvalue weighted by Gasteiger charge is 1.97. The number of hydrogen-bond donors (Lipinski definition) is 2. The van der Waals surface area contributed by atoms with E-state index < -0.39 is 0 Å². The van der Waals surface area contributed by atoms with E-state index >= 15 is 0 Å². The van der Waals surface area contributed by atoms with Gasteiger partial charge in [0.1, 0.15) is 0 Å². The van der Waals surface area contributed by atoms with E-state index in [4.69, 9.17) is 9.47 Å². The summed E-state index contributed by atoms with van der Waals surface area (Å²) in [6.07, 6.45) is 4.60. The molecular weight excluding hydrogens is 266 g/mol. The molecule has 0 bridgehead atoms. The average Bonchev–Trinajstić information content (AvgIpc) is 2.45. The fourth-order valence-corrected chi connectivity index (χ4v) is 1.65.